The van der Waals surface area contributed by atoms with Crippen molar-refractivity contribution in [1.29, 1.82) is 0 Å². The van der Waals surface area contributed by atoms with Crippen LogP contribution in [-0.4, -0.2) is 37.4 Å². The second-order valence-corrected chi connectivity index (χ2v) is 13.0. The lowest BCUT2D eigenvalue weighted by Gasteiger charge is -2.24. The second-order valence-electron chi connectivity index (χ2n) is 9.96. The van der Waals surface area contributed by atoms with Gasteiger partial charge in [0.05, 0.1) is 34.8 Å². The minimum Gasteiger partial charge on any atom is -0.466 e. The van der Waals surface area contributed by atoms with Crippen molar-refractivity contribution < 1.29 is 40.7 Å². The van der Waals surface area contributed by atoms with E-state index in [-0.39, 0.29) is 34.8 Å². The van der Waals surface area contributed by atoms with Gasteiger partial charge in [0.15, 0.2) is 0 Å². The third-order valence-corrected chi connectivity index (χ3v) is 9.89. The molecule has 2 aliphatic carbocycles. The fourth-order valence-corrected chi connectivity index (χ4v) is 7.27. The maximum Gasteiger partial charge on any atom is 0.417 e. The molecule has 0 unspecified atom stereocenters. The first-order valence-electron chi connectivity index (χ1n) is 12.7. The van der Waals surface area contributed by atoms with Gasteiger partial charge in [-0.3, -0.25) is 19.0 Å². The van der Waals surface area contributed by atoms with Gasteiger partial charge in [-0.25, -0.2) is 12.7 Å². The zero-order chi connectivity index (χ0) is 29.9. The highest BCUT2D eigenvalue weighted by atomic mass is 79.9. The smallest absolute Gasteiger partial charge is 0.417 e. The lowest BCUT2D eigenvalue weighted by molar-refractivity contribution is -0.142. The summed E-state index contributed by atoms with van der Waals surface area (Å²) in [4.78, 5) is 38.2. The number of aromatic nitrogens is 1. The van der Waals surface area contributed by atoms with E-state index in [1.54, 1.807) is 6.92 Å². The Labute approximate surface area is 246 Å². The normalized spacial score (nSPS) is 15.7. The summed E-state index contributed by atoms with van der Waals surface area (Å²) >= 11 is 8.99. The fourth-order valence-electron chi connectivity index (χ4n) is 4.55. The van der Waals surface area contributed by atoms with E-state index in [0.717, 1.165) is 12.1 Å². The van der Waals surface area contributed by atoms with Crippen molar-refractivity contribution in [3.63, 3.8) is 0 Å². The van der Waals surface area contributed by atoms with Gasteiger partial charge in [-0.15, -0.1) is 0 Å². The maximum absolute atomic E-state index is 14.1. The molecule has 3 aromatic rings. The number of halogens is 5. The van der Waals surface area contributed by atoms with Crippen LogP contribution < -0.4 is 4.31 Å². The SMILES string of the molecule is CCOC(=O)Cc1cn(C(=O)C2CC2)c2cc(S(=O)(=O)N(C(=O)C3CC3)c3ccc(Cl)c(C(F)(F)F)c3)c(Br)cc12. The molecule has 2 fully saturated rings. The van der Waals surface area contributed by atoms with Crippen LogP contribution in [-0.2, 0) is 36.9 Å². The average molecular weight is 676 g/mol. The van der Waals surface area contributed by atoms with E-state index >= 15 is 0 Å². The maximum atomic E-state index is 14.1. The summed E-state index contributed by atoms with van der Waals surface area (Å²) in [5, 5.41) is -0.241. The lowest BCUT2D eigenvalue weighted by atomic mass is 10.1. The van der Waals surface area contributed by atoms with Crippen molar-refractivity contribution in [2.75, 3.05) is 10.9 Å². The first-order valence-corrected chi connectivity index (χ1v) is 15.3. The fraction of sp³-hybridized carbons (Fsp3) is 0.370. The predicted molar refractivity (Wildman–Crippen MR) is 147 cm³/mol. The van der Waals surface area contributed by atoms with Gasteiger partial charge < -0.3 is 4.74 Å². The zero-order valence-corrected chi connectivity index (χ0v) is 24.7. The molecule has 5 rings (SSSR count). The Bertz CT molecular complexity index is 1700. The molecule has 218 valence electrons. The van der Waals surface area contributed by atoms with E-state index in [1.807, 2.05) is 0 Å². The molecule has 1 aromatic heterocycles. The van der Waals surface area contributed by atoms with Crippen LogP contribution in [0.2, 0.25) is 5.02 Å². The van der Waals surface area contributed by atoms with Gasteiger partial charge in [0.25, 0.3) is 10.0 Å². The predicted octanol–water partition coefficient (Wildman–Crippen LogP) is 6.36. The van der Waals surface area contributed by atoms with Crippen LogP contribution in [0.3, 0.4) is 0 Å². The van der Waals surface area contributed by atoms with Crippen LogP contribution in [0.25, 0.3) is 10.9 Å². The van der Waals surface area contributed by atoms with Gasteiger partial charge in [-0.05, 0) is 84.4 Å². The summed E-state index contributed by atoms with van der Waals surface area (Å²) in [6.07, 6.45) is -1.51. The molecule has 0 bridgehead atoms. The van der Waals surface area contributed by atoms with Gasteiger partial charge in [-0.2, -0.15) is 13.2 Å². The van der Waals surface area contributed by atoms with Gasteiger partial charge >= 0.3 is 12.1 Å². The van der Waals surface area contributed by atoms with Crippen molar-refractivity contribution in [2.24, 2.45) is 11.8 Å². The molecule has 14 heteroatoms. The number of amides is 1. The number of carbonyl (C=O) groups excluding carboxylic acids is 3. The zero-order valence-electron chi connectivity index (χ0n) is 21.5. The van der Waals surface area contributed by atoms with Crippen LogP contribution >= 0.6 is 27.5 Å². The van der Waals surface area contributed by atoms with Gasteiger partial charge in [-0.1, -0.05) is 11.6 Å². The van der Waals surface area contributed by atoms with Crippen LogP contribution in [0.4, 0.5) is 18.9 Å². The average Bonchev–Trinajstić information content (AvgIpc) is 3.80. The summed E-state index contributed by atoms with van der Waals surface area (Å²) in [5.41, 5.74) is -1.20. The number of ether oxygens (including phenoxy) is 1. The third kappa shape index (κ3) is 5.76. The lowest BCUT2D eigenvalue weighted by Crippen LogP contribution is -2.38. The quantitative estimate of drug-likeness (QED) is 0.258. The Balaban J connectivity index is 1.68. The third-order valence-electron chi connectivity index (χ3n) is 6.88. The molecule has 0 atom stereocenters. The number of fused-ring (bicyclic) bond motifs is 1. The molecule has 2 saturated carbocycles. The van der Waals surface area contributed by atoms with E-state index in [1.165, 1.54) is 22.9 Å². The van der Waals surface area contributed by atoms with Crippen molar-refractivity contribution in [2.45, 2.75) is 50.1 Å². The summed E-state index contributed by atoms with van der Waals surface area (Å²) < 4.78 is 75.8. The monoisotopic (exact) mass is 674 g/mol. The van der Waals surface area contributed by atoms with E-state index < -0.39 is 55.2 Å². The molecule has 0 N–H and O–H groups in total. The number of hydrogen-bond donors (Lipinski definition) is 0. The summed E-state index contributed by atoms with van der Waals surface area (Å²) in [6.45, 7) is 1.80. The van der Waals surface area contributed by atoms with E-state index in [4.69, 9.17) is 16.3 Å². The number of anilines is 1. The van der Waals surface area contributed by atoms with E-state index in [2.05, 4.69) is 15.9 Å². The Morgan fingerprint density at radius 3 is 2.34 bits per heavy atom. The molecule has 8 nitrogen and oxygen atoms in total. The number of sulfonamides is 1. The first kappa shape index (κ1) is 29.6. The highest BCUT2D eigenvalue weighted by Crippen LogP contribution is 2.42. The molecular weight excluding hydrogens is 653 g/mol. The van der Waals surface area contributed by atoms with Gasteiger partial charge in [0.2, 0.25) is 11.8 Å². The number of esters is 1. The standard InChI is InChI=1S/C27H23BrClF3N2O6S/c1-2-40-24(35)9-16-13-33(25(36)14-3-4-14)22-12-23(20(28)11-18(16)22)41(38,39)34(26(37)15-5-6-15)17-7-8-21(29)19(10-17)27(30,31)32/h7-8,10-15H,2-6,9H2,1H3. The minimum atomic E-state index is -4.90. The van der Waals surface area contributed by atoms with Gasteiger partial charge in [0.1, 0.15) is 4.90 Å². The van der Waals surface area contributed by atoms with Crippen molar-refractivity contribution in [3.8, 4) is 0 Å². The largest absolute Gasteiger partial charge is 0.466 e. The summed E-state index contributed by atoms with van der Waals surface area (Å²) in [7, 11) is -4.81. The molecular formula is C27H23BrClF3N2O6S. The molecule has 0 saturated heterocycles. The van der Waals surface area contributed by atoms with Crippen molar-refractivity contribution >= 4 is 71.9 Å². The van der Waals surface area contributed by atoms with Crippen LogP contribution in [0.15, 0.2) is 45.9 Å². The van der Waals surface area contributed by atoms with Crippen molar-refractivity contribution in [1.82, 2.24) is 4.57 Å². The van der Waals surface area contributed by atoms with Crippen LogP contribution in [0.1, 0.15) is 48.5 Å². The molecule has 0 radical (unpaired) electrons. The molecule has 0 aliphatic heterocycles. The number of hydrogen-bond acceptors (Lipinski definition) is 6. The first-order chi connectivity index (χ1) is 19.2. The topological polar surface area (TPSA) is 103 Å². The second kappa shape index (κ2) is 10.7. The van der Waals surface area contributed by atoms with Crippen molar-refractivity contribution in [3.05, 3.63) is 57.2 Å². The highest BCUT2D eigenvalue weighted by Gasteiger charge is 2.43. The minimum absolute atomic E-state index is 0.00895. The highest BCUT2D eigenvalue weighted by molar-refractivity contribution is 9.10. The summed E-state index contributed by atoms with van der Waals surface area (Å²) in [6, 6.07) is 5.07. The molecule has 0 spiro atoms. The number of rotatable bonds is 8. The van der Waals surface area contributed by atoms with E-state index in [0.29, 0.717) is 47.0 Å². The number of benzene rings is 2. The Hall–Kier alpha value is -2.90. The molecule has 2 aromatic carbocycles. The molecule has 41 heavy (non-hydrogen) atoms. The molecule has 2 aliphatic rings. The van der Waals surface area contributed by atoms with Crippen LogP contribution in [0, 0.1) is 11.8 Å². The Kier molecular flexibility index (Phi) is 7.75. The number of nitrogens with zero attached hydrogens (tertiary/aromatic N) is 2. The Morgan fingerprint density at radius 1 is 1.10 bits per heavy atom. The number of alkyl halides is 3. The van der Waals surface area contributed by atoms with Gasteiger partial charge in [0, 0.05) is 27.9 Å². The molecule has 1 amide bonds. The summed E-state index contributed by atoms with van der Waals surface area (Å²) in [5.74, 6) is -2.63. The number of carbonyl (C=O) groups is 3. The Morgan fingerprint density at radius 2 is 1.76 bits per heavy atom. The van der Waals surface area contributed by atoms with E-state index in [9.17, 15) is 36.0 Å². The molecule has 1 heterocycles. The van der Waals surface area contributed by atoms with Crippen LogP contribution in [0.5, 0.6) is 0 Å².